The van der Waals surface area contributed by atoms with Gasteiger partial charge in [-0.05, 0) is 62.3 Å². The Morgan fingerprint density at radius 2 is 1.89 bits per heavy atom. The quantitative estimate of drug-likeness (QED) is 0.223. The second-order valence-corrected chi connectivity index (χ2v) is 14.9. The predicted molar refractivity (Wildman–Crippen MR) is 171 cm³/mol. The molecule has 240 valence electrons. The van der Waals surface area contributed by atoms with Gasteiger partial charge in [0.15, 0.2) is 0 Å². The third-order valence-corrected chi connectivity index (χ3v) is 10.1. The second-order valence-electron chi connectivity index (χ2n) is 12.6. The topological polar surface area (TPSA) is 132 Å². The molecule has 1 amide bonds. The number of rotatable bonds is 11. The SMILES string of the molecule is CC(Cc1nccc(-n2ccc3c(OCCCS(C)(=O)=O)cccc32)n1)C1CCCCC1.CC1(C(=O)O)CCN(C=O)CC1. The summed E-state index contributed by atoms with van der Waals surface area (Å²) in [5.74, 6) is 3.27. The van der Waals surface area contributed by atoms with Gasteiger partial charge in [0.05, 0.1) is 23.3 Å². The largest absolute Gasteiger partial charge is 0.493 e. The molecule has 1 N–H and O–H groups in total. The summed E-state index contributed by atoms with van der Waals surface area (Å²) >= 11 is 0. The lowest BCUT2D eigenvalue weighted by Crippen LogP contribution is -2.41. The number of ether oxygens (including phenoxy) is 1. The number of aliphatic carboxylic acids is 1. The van der Waals surface area contributed by atoms with Crippen LogP contribution in [0, 0.1) is 17.3 Å². The smallest absolute Gasteiger partial charge is 0.309 e. The van der Waals surface area contributed by atoms with Crippen molar-refractivity contribution in [2.75, 3.05) is 31.7 Å². The molecule has 0 radical (unpaired) electrons. The molecule has 2 aromatic heterocycles. The average molecular weight is 627 g/mol. The molecule has 1 aromatic carbocycles. The summed E-state index contributed by atoms with van der Waals surface area (Å²) in [6.45, 7) is 5.56. The molecule has 2 fully saturated rings. The number of amides is 1. The van der Waals surface area contributed by atoms with Gasteiger partial charge in [-0.2, -0.15) is 0 Å². The predicted octanol–water partition coefficient (Wildman–Crippen LogP) is 5.32. The van der Waals surface area contributed by atoms with E-state index in [2.05, 4.69) is 16.5 Å². The monoisotopic (exact) mass is 626 g/mol. The van der Waals surface area contributed by atoms with Gasteiger partial charge in [-0.25, -0.2) is 18.4 Å². The standard InChI is InChI=1S/C25H33N3O3S.C8H13NO3/c1-19(20-8-4-3-5-9-20)18-24-26-14-12-25(27-24)28-15-13-21-22(28)10-6-11-23(21)31-16-7-17-32(2,29)30;1-8(7(11)12)2-4-9(6-10)5-3-8/h6,10-15,19-20H,3-5,7-9,16-18H2,1-2H3;6H,2-5H2,1H3,(H,11,12). The summed E-state index contributed by atoms with van der Waals surface area (Å²) in [6, 6.07) is 9.88. The van der Waals surface area contributed by atoms with E-state index in [0.717, 1.165) is 47.0 Å². The Balaban J connectivity index is 0.000000309. The van der Waals surface area contributed by atoms with E-state index in [1.165, 1.54) is 38.4 Å². The Bertz CT molecular complexity index is 1510. The highest BCUT2D eigenvalue weighted by Gasteiger charge is 2.36. The molecular formula is C33H46N4O6S. The van der Waals surface area contributed by atoms with E-state index in [9.17, 15) is 18.0 Å². The van der Waals surface area contributed by atoms with Crippen LogP contribution in [0.3, 0.4) is 0 Å². The number of nitrogens with zero attached hydrogens (tertiary/aromatic N) is 4. The normalized spacial score (nSPS) is 17.8. The van der Waals surface area contributed by atoms with E-state index in [1.807, 2.05) is 42.7 Å². The minimum Gasteiger partial charge on any atom is -0.493 e. The number of likely N-dealkylation sites (tertiary alicyclic amines) is 1. The maximum atomic E-state index is 11.3. The van der Waals surface area contributed by atoms with Crippen molar-refractivity contribution >= 4 is 33.1 Å². The van der Waals surface area contributed by atoms with E-state index in [4.69, 9.17) is 14.8 Å². The molecule has 2 aliphatic rings. The van der Waals surface area contributed by atoms with Crippen LogP contribution in [-0.2, 0) is 25.8 Å². The molecule has 0 bridgehead atoms. The number of aromatic nitrogens is 3. The fourth-order valence-electron chi connectivity index (χ4n) is 6.08. The van der Waals surface area contributed by atoms with Crippen LogP contribution in [0.25, 0.3) is 16.7 Å². The Kier molecular flexibility index (Phi) is 11.4. The number of fused-ring (bicyclic) bond motifs is 1. The van der Waals surface area contributed by atoms with Gasteiger partial charge < -0.3 is 19.3 Å². The molecule has 5 rings (SSSR count). The summed E-state index contributed by atoms with van der Waals surface area (Å²) in [5, 5.41) is 9.84. The lowest BCUT2D eigenvalue weighted by molar-refractivity contribution is -0.151. The second kappa shape index (κ2) is 15.0. The zero-order valence-corrected chi connectivity index (χ0v) is 27.0. The van der Waals surface area contributed by atoms with Crippen LogP contribution in [-0.4, -0.2) is 77.0 Å². The number of carbonyl (C=O) groups is 2. The first-order chi connectivity index (χ1) is 21.0. The van der Waals surface area contributed by atoms with E-state index in [-0.39, 0.29) is 5.75 Å². The van der Waals surface area contributed by atoms with Crippen molar-refractivity contribution in [3.8, 4) is 11.6 Å². The van der Waals surface area contributed by atoms with Crippen LogP contribution >= 0.6 is 0 Å². The Hall–Kier alpha value is -3.47. The van der Waals surface area contributed by atoms with Crippen molar-refractivity contribution in [3.05, 3.63) is 48.5 Å². The molecule has 1 saturated carbocycles. The maximum absolute atomic E-state index is 11.3. The fraction of sp³-hybridized carbons (Fsp3) is 0.576. The number of hydrogen-bond donors (Lipinski definition) is 1. The van der Waals surface area contributed by atoms with Gasteiger partial charge in [0.1, 0.15) is 27.2 Å². The minimum absolute atomic E-state index is 0.132. The highest BCUT2D eigenvalue weighted by molar-refractivity contribution is 7.90. The van der Waals surface area contributed by atoms with E-state index >= 15 is 0 Å². The lowest BCUT2D eigenvalue weighted by atomic mass is 9.79. The molecule has 11 heteroatoms. The molecule has 1 atom stereocenters. The molecular weight excluding hydrogens is 580 g/mol. The highest BCUT2D eigenvalue weighted by atomic mass is 32.2. The van der Waals surface area contributed by atoms with Gasteiger partial charge in [0.2, 0.25) is 6.41 Å². The van der Waals surface area contributed by atoms with Crippen molar-refractivity contribution in [2.45, 2.75) is 71.6 Å². The Morgan fingerprint density at radius 1 is 1.16 bits per heavy atom. The number of hydrogen-bond acceptors (Lipinski definition) is 7. The molecule has 10 nitrogen and oxygen atoms in total. The molecule has 3 heterocycles. The van der Waals surface area contributed by atoms with Gasteiger partial charge in [-0.3, -0.25) is 9.59 Å². The van der Waals surface area contributed by atoms with E-state index in [0.29, 0.717) is 44.9 Å². The summed E-state index contributed by atoms with van der Waals surface area (Å²) in [6.07, 6.45) is 15.1. The molecule has 1 saturated heterocycles. The van der Waals surface area contributed by atoms with Crippen LogP contribution in [0.1, 0.15) is 71.0 Å². The maximum Gasteiger partial charge on any atom is 0.309 e. The summed E-state index contributed by atoms with van der Waals surface area (Å²) in [7, 11) is -2.97. The van der Waals surface area contributed by atoms with Gasteiger partial charge in [-0.1, -0.05) is 45.1 Å². The fourth-order valence-corrected chi connectivity index (χ4v) is 6.73. The van der Waals surface area contributed by atoms with Gasteiger partial charge in [0.25, 0.3) is 0 Å². The number of benzene rings is 1. The van der Waals surface area contributed by atoms with Crippen LogP contribution < -0.4 is 4.74 Å². The molecule has 1 aliphatic carbocycles. The van der Waals surface area contributed by atoms with Crippen molar-refractivity contribution < 1.29 is 27.9 Å². The van der Waals surface area contributed by atoms with Crippen molar-refractivity contribution in [1.29, 1.82) is 0 Å². The zero-order chi connectivity index (χ0) is 31.7. The minimum atomic E-state index is -2.97. The molecule has 1 aliphatic heterocycles. The zero-order valence-electron chi connectivity index (χ0n) is 26.2. The summed E-state index contributed by atoms with van der Waals surface area (Å²) in [5.41, 5.74) is 0.384. The van der Waals surface area contributed by atoms with Crippen molar-refractivity contribution in [1.82, 2.24) is 19.4 Å². The van der Waals surface area contributed by atoms with Crippen molar-refractivity contribution in [3.63, 3.8) is 0 Å². The number of carboxylic acid groups (broad SMARTS) is 1. The first-order valence-electron chi connectivity index (χ1n) is 15.6. The van der Waals surface area contributed by atoms with Crippen LogP contribution in [0.5, 0.6) is 5.75 Å². The first kappa shape index (κ1) is 33.4. The van der Waals surface area contributed by atoms with Crippen molar-refractivity contribution in [2.24, 2.45) is 17.3 Å². The number of piperidine rings is 1. The third kappa shape index (κ3) is 9.03. The molecule has 44 heavy (non-hydrogen) atoms. The number of carbonyl (C=O) groups excluding carboxylic acids is 1. The Labute approximate surface area is 260 Å². The highest BCUT2D eigenvalue weighted by Crippen LogP contribution is 2.32. The van der Waals surface area contributed by atoms with Crippen LogP contribution in [0.15, 0.2) is 42.7 Å². The van der Waals surface area contributed by atoms with Crippen LogP contribution in [0.2, 0.25) is 0 Å². The lowest BCUT2D eigenvalue weighted by Gasteiger charge is -2.34. The number of sulfone groups is 1. The van der Waals surface area contributed by atoms with Gasteiger partial charge in [0, 0.05) is 43.5 Å². The molecule has 1 unspecified atom stereocenters. The van der Waals surface area contributed by atoms with E-state index < -0.39 is 21.2 Å². The van der Waals surface area contributed by atoms with E-state index in [1.54, 1.807) is 11.8 Å². The summed E-state index contributed by atoms with van der Waals surface area (Å²) in [4.78, 5) is 32.1. The third-order valence-electron chi connectivity index (χ3n) is 9.07. The molecule has 3 aromatic rings. The van der Waals surface area contributed by atoms with Crippen LogP contribution in [0.4, 0.5) is 0 Å². The van der Waals surface area contributed by atoms with Gasteiger partial charge >= 0.3 is 5.97 Å². The molecule has 0 spiro atoms. The Morgan fingerprint density at radius 3 is 2.55 bits per heavy atom. The first-order valence-corrected chi connectivity index (χ1v) is 17.7. The van der Waals surface area contributed by atoms with Gasteiger partial charge in [-0.15, -0.1) is 0 Å². The average Bonchev–Trinajstić information content (AvgIpc) is 3.45. The summed E-state index contributed by atoms with van der Waals surface area (Å²) < 4.78 is 30.6. The number of carboxylic acids is 1.